The Morgan fingerprint density at radius 1 is 1.92 bits per heavy atom. The molecule has 1 atom stereocenters. The molecule has 1 unspecified atom stereocenters. The van der Waals surface area contributed by atoms with Gasteiger partial charge in [0.15, 0.2) is 5.13 Å². The minimum Gasteiger partial charge on any atom is -0.394 e. The standard InChI is InChI=1S/C7H11N3O2S/c1-4(2-11)9-6(12)5-3-13-7(8)10-5/h3-4,11H,2H2,1H3,(H2,8,10)(H,9,12). The zero-order chi connectivity index (χ0) is 9.84. The van der Waals surface area contributed by atoms with Crippen LogP contribution in [0.25, 0.3) is 0 Å². The molecule has 0 aliphatic heterocycles. The number of amides is 1. The molecule has 5 nitrogen and oxygen atoms in total. The van der Waals surface area contributed by atoms with E-state index in [-0.39, 0.29) is 18.6 Å². The van der Waals surface area contributed by atoms with Crippen molar-refractivity contribution in [2.24, 2.45) is 0 Å². The number of nitrogens with one attached hydrogen (secondary N) is 1. The number of nitrogens with two attached hydrogens (primary N) is 1. The maximum absolute atomic E-state index is 11.3. The van der Waals surface area contributed by atoms with E-state index in [9.17, 15) is 4.79 Å². The Morgan fingerprint density at radius 2 is 2.62 bits per heavy atom. The van der Waals surface area contributed by atoms with Crippen LogP contribution in [0.4, 0.5) is 5.13 Å². The SMILES string of the molecule is CC(CO)NC(=O)c1csc(N)n1. The average molecular weight is 201 g/mol. The Morgan fingerprint density at radius 3 is 3.08 bits per heavy atom. The summed E-state index contributed by atoms with van der Waals surface area (Å²) in [6, 6.07) is -0.268. The van der Waals surface area contributed by atoms with Crippen LogP contribution in [0.1, 0.15) is 17.4 Å². The normalized spacial score (nSPS) is 12.5. The largest absolute Gasteiger partial charge is 0.394 e. The van der Waals surface area contributed by atoms with Gasteiger partial charge >= 0.3 is 0 Å². The molecule has 0 aliphatic carbocycles. The van der Waals surface area contributed by atoms with Crippen molar-refractivity contribution in [3.05, 3.63) is 11.1 Å². The van der Waals surface area contributed by atoms with Gasteiger partial charge in [-0.1, -0.05) is 0 Å². The van der Waals surface area contributed by atoms with Crippen LogP contribution in [0.3, 0.4) is 0 Å². The van der Waals surface area contributed by atoms with Gasteiger partial charge < -0.3 is 16.2 Å². The molecule has 1 aromatic rings. The fourth-order valence-electron chi connectivity index (χ4n) is 0.735. The van der Waals surface area contributed by atoms with Gasteiger partial charge in [0.05, 0.1) is 6.61 Å². The van der Waals surface area contributed by atoms with E-state index in [1.165, 1.54) is 11.3 Å². The number of carbonyl (C=O) groups excluding carboxylic acids is 1. The summed E-state index contributed by atoms with van der Waals surface area (Å²) in [7, 11) is 0. The quantitative estimate of drug-likeness (QED) is 0.634. The highest BCUT2D eigenvalue weighted by molar-refractivity contribution is 7.13. The third-order valence-corrected chi connectivity index (χ3v) is 2.08. The van der Waals surface area contributed by atoms with E-state index in [0.717, 1.165) is 0 Å². The predicted molar refractivity (Wildman–Crippen MR) is 50.5 cm³/mol. The van der Waals surface area contributed by atoms with Crippen LogP contribution in [0.5, 0.6) is 0 Å². The van der Waals surface area contributed by atoms with Crippen molar-refractivity contribution in [2.75, 3.05) is 12.3 Å². The summed E-state index contributed by atoms with van der Waals surface area (Å²) in [6.07, 6.45) is 0. The number of carbonyl (C=O) groups is 1. The van der Waals surface area contributed by atoms with Gasteiger partial charge in [0, 0.05) is 11.4 Å². The van der Waals surface area contributed by atoms with Crippen LogP contribution in [0.15, 0.2) is 5.38 Å². The lowest BCUT2D eigenvalue weighted by Gasteiger charge is -2.08. The summed E-state index contributed by atoms with van der Waals surface area (Å²) in [4.78, 5) is 15.1. The van der Waals surface area contributed by atoms with E-state index in [2.05, 4.69) is 10.3 Å². The molecule has 0 aromatic carbocycles. The lowest BCUT2D eigenvalue weighted by molar-refractivity contribution is 0.0918. The van der Waals surface area contributed by atoms with Gasteiger partial charge in [0.2, 0.25) is 0 Å². The zero-order valence-corrected chi connectivity index (χ0v) is 7.97. The molecule has 6 heteroatoms. The number of thiazole rings is 1. The van der Waals surface area contributed by atoms with Gasteiger partial charge in [-0.05, 0) is 6.92 Å². The minimum atomic E-state index is -0.311. The molecule has 0 bridgehead atoms. The van der Waals surface area contributed by atoms with Gasteiger partial charge in [0.1, 0.15) is 5.69 Å². The number of aliphatic hydroxyl groups is 1. The molecule has 0 saturated heterocycles. The van der Waals surface area contributed by atoms with Crippen LogP contribution in [0.2, 0.25) is 0 Å². The number of nitrogens with zero attached hydrogens (tertiary/aromatic N) is 1. The molecular formula is C7H11N3O2S. The lowest BCUT2D eigenvalue weighted by atomic mass is 10.3. The average Bonchev–Trinajstić information content (AvgIpc) is 2.51. The molecule has 1 rings (SSSR count). The molecule has 1 aromatic heterocycles. The molecular weight excluding hydrogens is 190 g/mol. The maximum Gasteiger partial charge on any atom is 0.271 e. The van der Waals surface area contributed by atoms with Crippen molar-refractivity contribution in [3.63, 3.8) is 0 Å². The van der Waals surface area contributed by atoms with Gasteiger partial charge in [-0.3, -0.25) is 4.79 Å². The number of aromatic nitrogens is 1. The van der Waals surface area contributed by atoms with Crippen LogP contribution in [0, 0.1) is 0 Å². The first-order valence-electron chi connectivity index (χ1n) is 3.76. The Hall–Kier alpha value is -1.14. The van der Waals surface area contributed by atoms with E-state index in [1.807, 2.05) is 0 Å². The number of hydrogen-bond donors (Lipinski definition) is 3. The summed E-state index contributed by atoms with van der Waals surface area (Å²) in [5, 5.41) is 13.2. The molecule has 4 N–H and O–H groups in total. The lowest BCUT2D eigenvalue weighted by Crippen LogP contribution is -2.35. The van der Waals surface area contributed by atoms with Crippen molar-refractivity contribution >= 4 is 22.4 Å². The van der Waals surface area contributed by atoms with Crippen molar-refractivity contribution in [3.8, 4) is 0 Å². The van der Waals surface area contributed by atoms with Crippen molar-refractivity contribution in [1.29, 1.82) is 0 Å². The van der Waals surface area contributed by atoms with Gasteiger partial charge in [-0.15, -0.1) is 11.3 Å². The van der Waals surface area contributed by atoms with Crippen LogP contribution in [-0.2, 0) is 0 Å². The van der Waals surface area contributed by atoms with E-state index in [4.69, 9.17) is 10.8 Å². The van der Waals surface area contributed by atoms with E-state index >= 15 is 0 Å². The van der Waals surface area contributed by atoms with E-state index in [0.29, 0.717) is 10.8 Å². The smallest absolute Gasteiger partial charge is 0.271 e. The minimum absolute atomic E-state index is 0.0919. The Labute approximate surface area is 79.6 Å². The highest BCUT2D eigenvalue weighted by Gasteiger charge is 2.11. The topological polar surface area (TPSA) is 88.2 Å². The second-order valence-electron chi connectivity index (χ2n) is 2.63. The molecule has 0 aliphatic rings. The number of hydrogen-bond acceptors (Lipinski definition) is 5. The molecule has 0 saturated carbocycles. The summed E-state index contributed by atoms with van der Waals surface area (Å²) >= 11 is 1.21. The number of rotatable bonds is 3. The Kier molecular flexibility index (Phi) is 3.21. The van der Waals surface area contributed by atoms with Crippen LogP contribution >= 0.6 is 11.3 Å². The van der Waals surface area contributed by atoms with Crippen molar-refractivity contribution < 1.29 is 9.90 Å². The summed E-state index contributed by atoms with van der Waals surface area (Å²) in [5.41, 5.74) is 5.65. The fraction of sp³-hybridized carbons (Fsp3) is 0.429. The monoisotopic (exact) mass is 201 g/mol. The highest BCUT2D eigenvalue weighted by atomic mass is 32.1. The highest BCUT2D eigenvalue weighted by Crippen LogP contribution is 2.10. The summed E-state index contributed by atoms with van der Waals surface area (Å²) in [6.45, 7) is 1.61. The molecule has 13 heavy (non-hydrogen) atoms. The van der Waals surface area contributed by atoms with Crippen LogP contribution < -0.4 is 11.1 Å². The van der Waals surface area contributed by atoms with Crippen LogP contribution in [-0.4, -0.2) is 28.6 Å². The maximum atomic E-state index is 11.3. The second kappa shape index (κ2) is 4.20. The third kappa shape index (κ3) is 2.67. The molecule has 0 fully saturated rings. The predicted octanol–water partition coefficient (Wildman–Crippen LogP) is -0.164. The summed E-state index contributed by atoms with van der Waals surface area (Å²) < 4.78 is 0. The number of aliphatic hydroxyl groups excluding tert-OH is 1. The molecule has 1 heterocycles. The van der Waals surface area contributed by atoms with Gasteiger partial charge in [-0.25, -0.2) is 4.98 Å². The zero-order valence-electron chi connectivity index (χ0n) is 7.15. The summed E-state index contributed by atoms with van der Waals surface area (Å²) in [5.74, 6) is -0.311. The van der Waals surface area contributed by atoms with Gasteiger partial charge in [0.25, 0.3) is 5.91 Å². The fourth-order valence-corrected chi connectivity index (χ4v) is 1.28. The van der Waals surface area contributed by atoms with Gasteiger partial charge in [-0.2, -0.15) is 0 Å². The molecule has 0 radical (unpaired) electrons. The second-order valence-corrected chi connectivity index (χ2v) is 3.52. The Balaban J connectivity index is 2.58. The number of nitrogen functional groups attached to an aromatic ring is 1. The van der Waals surface area contributed by atoms with Crippen molar-refractivity contribution in [1.82, 2.24) is 10.3 Å². The Bertz CT molecular complexity index is 300. The molecule has 1 amide bonds. The van der Waals surface area contributed by atoms with Crippen molar-refractivity contribution in [2.45, 2.75) is 13.0 Å². The first-order chi connectivity index (χ1) is 6.13. The van der Waals surface area contributed by atoms with E-state index < -0.39 is 0 Å². The number of anilines is 1. The first-order valence-corrected chi connectivity index (χ1v) is 4.64. The van der Waals surface area contributed by atoms with E-state index in [1.54, 1.807) is 12.3 Å². The third-order valence-electron chi connectivity index (χ3n) is 1.41. The first kappa shape index (κ1) is 9.94. The molecule has 0 spiro atoms. The molecule has 72 valence electrons.